The topological polar surface area (TPSA) is 9.72 Å². The molecule has 3 nitrogen and oxygen atoms in total. The lowest BCUT2D eigenvalue weighted by molar-refractivity contribution is -0.0854. The minimum atomic E-state index is 0.355. The number of hydrogen-bond donors (Lipinski definition) is 0. The molecular weight excluding hydrogens is 270 g/mol. The summed E-state index contributed by atoms with van der Waals surface area (Å²) >= 11 is 0. The summed E-state index contributed by atoms with van der Waals surface area (Å²) in [5.41, 5.74) is 1.40. The maximum absolute atomic E-state index is 2.73. The van der Waals surface area contributed by atoms with E-state index in [-0.39, 0.29) is 0 Å². The van der Waals surface area contributed by atoms with Gasteiger partial charge in [0.05, 0.1) is 0 Å². The van der Waals surface area contributed by atoms with Gasteiger partial charge in [0, 0.05) is 43.8 Å². The van der Waals surface area contributed by atoms with Gasteiger partial charge in [0.2, 0.25) is 0 Å². The van der Waals surface area contributed by atoms with E-state index in [1.165, 1.54) is 58.7 Å². The van der Waals surface area contributed by atoms with Gasteiger partial charge in [-0.05, 0) is 78.8 Å². The molecule has 3 rings (SSSR count). The summed E-state index contributed by atoms with van der Waals surface area (Å²) in [4.78, 5) is 8.03. The standard InChI is InChI=1S/C19H37N3/c1-17(2,3)21-9-7-19(8-10-21)14-20(15-19)11-16-12-22(13-16)18(4,5)6/h16H,7-15H2,1-6H3. The van der Waals surface area contributed by atoms with Gasteiger partial charge in [0.1, 0.15) is 0 Å². The Morgan fingerprint density at radius 3 is 1.77 bits per heavy atom. The highest BCUT2D eigenvalue weighted by Gasteiger charge is 2.47. The highest BCUT2D eigenvalue weighted by Crippen LogP contribution is 2.42. The van der Waals surface area contributed by atoms with E-state index in [0.717, 1.165) is 5.92 Å². The molecule has 3 fully saturated rings. The number of nitrogens with zero attached hydrogens (tertiary/aromatic N) is 3. The molecule has 3 aliphatic rings. The van der Waals surface area contributed by atoms with Crippen LogP contribution in [0.5, 0.6) is 0 Å². The summed E-state index contributed by atoms with van der Waals surface area (Å²) in [6, 6.07) is 0. The van der Waals surface area contributed by atoms with E-state index >= 15 is 0 Å². The molecule has 1 spiro atoms. The van der Waals surface area contributed by atoms with Crippen molar-refractivity contribution in [3.63, 3.8) is 0 Å². The largest absolute Gasteiger partial charge is 0.302 e. The van der Waals surface area contributed by atoms with E-state index < -0.39 is 0 Å². The third-order valence-corrected chi connectivity index (χ3v) is 6.31. The second-order valence-corrected chi connectivity index (χ2v) is 10.3. The van der Waals surface area contributed by atoms with Crippen molar-refractivity contribution in [1.82, 2.24) is 14.7 Å². The normalized spacial score (nSPS) is 28.6. The zero-order valence-corrected chi connectivity index (χ0v) is 15.8. The van der Waals surface area contributed by atoms with E-state index in [2.05, 4.69) is 56.2 Å². The first-order chi connectivity index (χ1) is 10.1. The minimum Gasteiger partial charge on any atom is -0.302 e. The van der Waals surface area contributed by atoms with E-state index in [4.69, 9.17) is 0 Å². The molecule has 0 N–H and O–H groups in total. The second-order valence-electron chi connectivity index (χ2n) is 10.3. The van der Waals surface area contributed by atoms with Crippen LogP contribution in [-0.2, 0) is 0 Å². The van der Waals surface area contributed by atoms with Gasteiger partial charge in [-0.2, -0.15) is 0 Å². The van der Waals surface area contributed by atoms with Crippen molar-refractivity contribution in [2.75, 3.05) is 45.8 Å². The van der Waals surface area contributed by atoms with Crippen LogP contribution in [0.4, 0.5) is 0 Å². The lowest BCUT2D eigenvalue weighted by atomic mass is 9.71. The molecule has 3 heteroatoms. The van der Waals surface area contributed by atoms with Crippen LogP contribution >= 0.6 is 0 Å². The van der Waals surface area contributed by atoms with Gasteiger partial charge in [0.15, 0.2) is 0 Å². The SMILES string of the molecule is CC(C)(C)N1CCC2(CC1)CN(CC1CN(C(C)(C)C)C1)C2. The smallest absolute Gasteiger partial charge is 0.0125 e. The molecule has 0 saturated carbocycles. The molecule has 0 aromatic heterocycles. The number of piperidine rings is 1. The fraction of sp³-hybridized carbons (Fsp3) is 1.00. The van der Waals surface area contributed by atoms with Gasteiger partial charge in [-0.1, -0.05) is 0 Å². The maximum Gasteiger partial charge on any atom is 0.0125 e. The number of hydrogen-bond acceptors (Lipinski definition) is 3. The maximum atomic E-state index is 2.73. The Balaban J connectivity index is 1.37. The van der Waals surface area contributed by atoms with Crippen molar-refractivity contribution in [1.29, 1.82) is 0 Å². The van der Waals surface area contributed by atoms with Crippen molar-refractivity contribution < 1.29 is 0 Å². The minimum absolute atomic E-state index is 0.355. The Labute approximate surface area is 138 Å². The van der Waals surface area contributed by atoms with Crippen LogP contribution in [0.3, 0.4) is 0 Å². The summed E-state index contributed by atoms with van der Waals surface area (Å²) in [5, 5.41) is 0. The summed E-state index contributed by atoms with van der Waals surface area (Å²) in [6.45, 7) is 23.4. The van der Waals surface area contributed by atoms with E-state index in [1.807, 2.05) is 0 Å². The predicted octanol–water partition coefficient (Wildman–Crippen LogP) is 2.91. The van der Waals surface area contributed by atoms with Crippen LogP contribution in [0.15, 0.2) is 0 Å². The van der Waals surface area contributed by atoms with Crippen LogP contribution in [0.25, 0.3) is 0 Å². The molecule has 128 valence electrons. The molecule has 0 atom stereocenters. The van der Waals surface area contributed by atoms with Crippen LogP contribution in [0, 0.1) is 11.3 Å². The number of likely N-dealkylation sites (tertiary alicyclic amines) is 3. The molecule has 22 heavy (non-hydrogen) atoms. The van der Waals surface area contributed by atoms with E-state index in [9.17, 15) is 0 Å². The fourth-order valence-electron chi connectivity index (χ4n) is 4.60. The molecule has 3 heterocycles. The molecule has 0 bridgehead atoms. The van der Waals surface area contributed by atoms with Gasteiger partial charge < -0.3 is 4.90 Å². The lowest BCUT2D eigenvalue weighted by Gasteiger charge is -2.58. The van der Waals surface area contributed by atoms with E-state index in [1.54, 1.807) is 0 Å². The molecular formula is C19H37N3. The summed E-state index contributed by atoms with van der Waals surface area (Å²) < 4.78 is 0. The van der Waals surface area contributed by atoms with Crippen molar-refractivity contribution in [2.45, 2.75) is 65.5 Å². The van der Waals surface area contributed by atoms with Crippen LogP contribution in [0.1, 0.15) is 54.4 Å². The Bertz CT molecular complexity index is 382. The van der Waals surface area contributed by atoms with Gasteiger partial charge in [-0.15, -0.1) is 0 Å². The molecule has 0 aromatic carbocycles. The third-order valence-electron chi connectivity index (χ3n) is 6.31. The summed E-state index contributed by atoms with van der Waals surface area (Å²) in [6.07, 6.45) is 2.83. The summed E-state index contributed by atoms with van der Waals surface area (Å²) in [7, 11) is 0. The van der Waals surface area contributed by atoms with Gasteiger partial charge in [0.25, 0.3) is 0 Å². The van der Waals surface area contributed by atoms with Gasteiger partial charge in [-0.3, -0.25) is 9.80 Å². The number of rotatable bonds is 2. The first-order valence-corrected chi connectivity index (χ1v) is 9.30. The highest BCUT2D eigenvalue weighted by molar-refractivity contribution is 5.01. The summed E-state index contributed by atoms with van der Waals surface area (Å²) in [5.74, 6) is 0.922. The molecule has 0 aliphatic carbocycles. The second kappa shape index (κ2) is 5.46. The monoisotopic (exact) mass is 307 g/mol. The Morgan fingerprint density at radius 2 is 1.32 bits per heavy atom. The first-order valence-electron chi connectivity index (χ1n) is 9.30. The van der Waals surface area contributed by atoms with Crippen molar-refractivity contribution in [3.05, 3.63) is 0 Å². The van der Waals surface area contributed by atoms with Crippen LogP contribution in [-0.4, -0.2) is 71.6 Å². The fourth-order valence-corrected chi connectivity index (χ4v) is 4.60. The Hall–Kier alpha value is -0.120. The van der Waals surface area contributed by atoms with E-state index in [0.29, 0.717) is 16.5 Å². The average Bonchev–Trinajstić information content (AvgIpc) is 2.28. The third kappa shape index (κ3) is 3.37. The highest BCUT2D eigenvalue weighted by atomic mass is 15.3. The molecule has 0 radical (unpaired) electrons. The van der Waals surface area contributed by atoms with Crippen LogP contribution in [0.2, 0.25) is 0 Å². The molecule has 0 aromatic rings. The Morgan fingerprint density at radius 1 is 0.818 bits per heavy atom. The molecule has 3 saturated heterocycles. The molecule has 3 aliphatic heterocycles. The zero-order chi connectivity index (χ0) is 16.2. The zero-order valence-electron chi connectivity index (χ0n) is 15.8. The lowest BCUT2D eigenvalue weighted by Crippen LogP contribution is -2.65. The quantitative estimate of drug-likeness (QED) is 0.777. The van der Waals surface area contributed by atoms with Crippen LogP contribution < -0.4 is 0 Å². The van der Waals surface area contributed by atoms with Crippen molar-refractivity contribution >= 4 is 0 Å². The van der Waals surface area contributed by atoms with Crippen molar-refractivity contribution in [3.8, 4) is 0 Å². The average molecular weight is 308 g/mol. The Kier molecular flexibility index (Phi) is 4.15. The predicted molar refractivity (Wildman–Crippen MR) is 94.2 cm³/mol. The first kappa shape index (κ1) is 16.7. The van der Waals surface area contributed by atoms with Gasteiger partial charge >= 0.3 is 0 Å². The molecule has 0 unspecified atom stereocenters. The van der Waals surface area contributed by atoms with Gasteiger partial charge in [-0.25, -0.2) is 0 Å². The molecule has 0 amide bonds. The van der Waals surface area contributed by atoms with Crippen molar-refractivity contribution in [2.24, 2.45) is 11.3 Å².